The minimum atomic E-state index is -0.595. The summed E-state index contributed by atoms with van der Waals surface area (Å²) in [5, 5.41) is 11.0. The van der Waals surface area contributed by atoms with Gasteiger partial charge in [-0.2, -0.15) is 11.8 Å². The lowest BCUT2D eigenvalue weighted by atomic mass is 10.3. The molecule has 0 aliphatic carbocycles. The maximum Gasteiger partial charge on any atom is 0.356 e. The topological polar surface area (TPSA) is 85.6 Å². The van der Waals surface area contributed by atoms with Crippen molar-refractivity contribution < 1.29 is 14.5 Å². The number of esters is 1. The van der Waals surface area contributed by atoms with Gasteiger partial charge in [0.1, 0.15) is 0 Å². The molecule has 102 valence electrons. The van der Waals surface area contributed by atoms with Crippen LogP contribution in [-0.4, -0.2) is 47.6 Å². The molecule has 19 heavy (non-hydrogen) atoms. The van der Waals surface area contributed by atoms with Gasteiger partial charge in [0, 0.05) is 30.7 Å². The van der Waals surface area contributed by atoms with Gasteiger partial charge in [-0.1, -0.05) is 0 Å². The molecule has 1 aliphatic rings. The highest BCUT2D eigenvalue weighted by Gasteiger charge is 2.24. The molecule has 2 heterocycles. The number of pyridine rings is 1. The molecule has 1 saturated heterocycles. The summed E-state index contributed by atoms with van der Waals surface area (Å²) in [5.74, 6) is 1.43. The number of aromatic nitrogens is 1. The van der Waals surface area contributed by atoms with Gasteiger partial charge in [0.2, 0.25) is 5.82 Å². The summed E-state index contributed by atoms with van der Waals surface area (Å²) in [5.41, 5.74) is 0.000814. The Labute approximate surface area is 114 Å². The quantitative estimate of drug-likeness (QED) is 0.470. The molecule has 0 aromatic carbocycles. The van der Waals surface area contributed by atoms with Crippen molar-refractivity contribution in [3.8, 4) is 0 Å². The minimum Gasteiger partial charge on any atom is -0.464 e. The Morgan fingerprint density at radius 2 is 2.16 bits per heavy atom. The van der Waals surface area contributed by atoms with Crippen LogP contribution in [0.4, 0.5) is 11.5 Å². The molecule has 2 rings (SSSR count). The number of nitro groups is 1. The minimum absolute atomic E-state index is 0.0837. The van der Waals surface area contributed by atoms with Crippen LogP contribution in [0.5, 0.6) is 0 Å². The third-order valence-electron chi connectivity index (χ3n) is 2.76. The molecule has 1 fully saturated rings. The zero-order valence-electron chi connectivity index (χ0n) is 10.4. The number of carbonyl (C=O) groups excluding carboxylic acids is 1. The molecule has 8 heteroatoms. The molecule has 0 saturated carbocycles. The fourth-order valence-corrected chi connectivity index (χ4v) is 2.71. The summed E-state index contributed by atoms with van der Waals surface area (Å²) in [4.78, 5) is 27.9. The molecular formula is C11H13N3O4S. The highest BCUT2D eigenvalue weighted by atomic mass is 32.2. The van der Waals surface area contributed by atoms with Crippen LogP contribution in [0, 0.1) is 10.1 Å². The zero-order chi connectivity index (χ0) is 13.8. The van der Waals surface area contributed by atoms with Gasteiger partial charge in [-0.15, -0.1) is 0 Å². The van der Waals surface area contributed by atoms with Crippen molar-refractivity contribution in [3.63, 3.8) is 0 Å². The van der Waals surface area contributed by atoms with Gasteiger partial charge in [-0.05, 0) is 6.07 Å². The van der Waals surface area contributed by atoms with Crippen molar-refractivity contribution in [2.45, 2.75) is 0 Å². The van der Waals surface area contributed by atoms with Crippen LogP contribution < -0.4 is 4.90 Å². The van der Waals surface area contributed by atoms with Gasteiger partial charge < -0.3 is 9.64 Å². The molecule has 0 radical (unpaired) electrons. The Morgan fingerprint density at radius 3 is 2.74 bits per heavy atom. The highest BCUT2D eigenvalue weighted by Crippen LogP contribution is 2.28. The number of anilines is 1. The van der Waals surface area contributed by atoms with Crippen molar-refractivity contribution in [3.05, 3.63) is 27.9 Å². The largest absolute Gasteiger partial charge is 0.464 e. The highest BCUT2D eigenvalue weighted by molar-refractivity contribution is 7.99. The van der Waals surface area contributed by atoms with Gasteiger partial charge in [-0.25, -0.2) is 9.78 Å². The summed E-state index contributed by atoms with van der Waals surface area (Å²) in [6.07, 6.45) is 0. The van der Waals surface area contributed by atoms with E-state index in [9.17, 15) is 14.9 Å². The van der Waals surface area contributed by atoms with E-state index >= 15 is 0 Å². The fraction of sp³-hybridized carbons (Fsp3) is 0.455. The number of hydrogen-bond donors (Lipinski definition) is 0. The first-order chi connectivity index (χ1) is 9.13. The van der Waals surface area contributed by atoms with Crippen LogP contribution in [0.1, 0.15) is 10.5 Å². The van der Waals surface area contributed by atoms with Crippen LogP contribution in [0.3, 0.4) is 0 Å². The van der Waals surface area contributed by atoms with E-state index in [0.29, 0.717) is 13.1 Å². The van der Waals surface area contributed by atoms with Gasteiger partial charge >= 0.3 is 11.7 Å². The summed E-state index contributed by atoms with van der Waals surface area (Å²) < 4.78 is 4.59. The number of rotatable bonds is 3. The number of methoxy groups -OCH3 is 1. The maximum absolute atomic E-state index is 11.5. The van der Waals surface area contributed by atoms with Crippen molar-refractivity contribution in [1.82, 2.24) is 4.98 Å². The van der Waals surface area contributed by atoms with E-state index < -0.39 is 10.9 Å². The molecule has 7 nitrogen and oxygen atoms in total. The predicted octanol–water partition coefficient (Wildman–Crippen LogP) is 1.33. The molecule has 0 unspecified atom stereocenters. The molecule has 1 aromatic rings. The number of ether oxygens (including phenoxy) is 1. The first-order valence-corrected chi connectivity index (χ1v) is 6.85. The second-order valence-corrected chi connectivity index (χ2v) is 5.11. The smallest absolute Gasteiger partial charge is 0.356 e. The monoisotopic (exact) mass is 283 g/mol. The Balaban J connectivity index is 2.40. The van der Waals surface area contributed by atoms with Crippen molar-refractivity contribution >= 4 is 29.2 Å². The molecular weight excluding hydrogens is 270 g/mol. The van der Waals surface area contributed by atoms with Crippen molar-refractivity contribution in [2.75, 3.05) is 36.6 Å². The van der Waals surface area contributed by atoms with Crippen LogP contribution in [-0.2, 0) is 4.74 Å². The molecule has 1 aliphatic heterocycles. The number of nitrogens with zero attached hydrogens (tertiary/aromatic N) is 3. The van der Waals surface area contributed by atoms with E-state index in [1.54, 1.807) is 11.8 Å². The van der Waals surface area contributed by atoms with Crippen molar-refractivity contribution in [2.24, 2.45) is 0 Å². The second kappa shape index (κ2) is 5.87. The molecule has 0 bridgehead atoms. The first-order valence-electron chi connectivity index (χ1n) is 5.70. The molecule has 0 atom stereocenters. The normalized spacial score (nSPS) is 15.1. The van der Waals surface area contributed by atoms with Crippen LogP contribution in [0.2, 0.25) is 0 Å². The summed E-state index contributed by atoms with van der Waals surface area (Å²) in [7, 11) is 1.25. The van der Waals surface area contributed by atoms with Gasteiger partial charge in [0.25, 0.3) is 0 Å². The second-order valence-electron chi connectivity index (χ2n) is 3.89. The van der Waals surface area contributed by atoms with Crippen molar-refractivity contribution in [1.29, 1.82) is 0 Å². The lowest BCUT2D eigenvalue weighted by Crippen LogP contribution is -2.34. The van der Waals surface area contributed by atoms with Crippen LogP contribution in [0.25, 0.3) is 0 Å². The first kappa shape index (κ1) is 13.6. The van der Waals surface area contributed by atoms with Gasteiger partial charge in [0.05, 0.1) is 12.0 Å². The lowest BCUT2D eigenvalue weighted by molar-refractivity contribution is -0.384. The Morgan fingerprint density at radius 1 is 1.47 bits per heavy atom. The molecule has 0 N–H and O–H groups in total. The third kappa shape index (κ3) is 2.95. The standard InChI is InChI=1S/C11H13N3O4S/c1-18-11(15)8-2-3-9(14(16)17)10(12-8)13-4-6-19-7-5-13/h2-3H,4-7H2,1H3. The number of carbonyl (C=O) groups is 1. The summed E-state index contributed by atoms with van der Waals surface area (Å²) in [6.45, 7) is 1.37. The van der Waals surface area contributed by atoms with E-state index in [4.69, 9.17) is 0 Å². The van der Waals surface area contributed by atoms with E-state index in [2.05, 4.69) is 9.72 Å². The zero-order valence-corrected chi connectivity index (χ0v) is 11.2. The third-order valence-corrected chi connectivity index (χ3v) is 3.70. The van der Waals surface area contributed by atoms with E-state index in [0.717, 1.165) is 11.5 Å². The Kier molecular flexibility index (Phi) is 4.20. The SMILES string of the molecule is COC(=O)c1ccc([N+](=O)[O-])c(N2CCSCC2)n1. The summed E-state index contributed by atoms with van der Waals surface area (Å²) in [6, 6.07) is 2.61. The lowest BCUT2D eigenvalue weighted by Gasteiger charge is -2.27. The van der Waals surface area contributed by atoms with E-state index in [1.807, 2.05) is 4.90 Å². The number of hydrogen-bond acceptors (Lipinski definition) is 7. The summed E-state index contributed by atoms with van der Waals surface area (Å²) >= 11 is 1.79. The Bertz CT molecular complexity index is 503. The maximum atomic E-state index is 11.5. The Hall–Kier alpha value is -1.83. The average molecular weight is 283 g/mol. The van der Waals surface area contributed by atoms with E-state index in [1.165, 1.54) is 19.2 Å². The van der Waals surface area contributed by atoms with Crippen LogP contribution >= 0.6 is 11.8 Å². The fourth-order valence-electron chi connectivity index (χ4n) is 1.81. The van der Waals surface area contributed by atoms with Gasteiger partial charge in [-0.3, -0.25) is 10.1 Å². The average Bonchev–Trinajstić information content (AvgIpc) is 2.46. The van der Waals surface area contributed by atoms with Gasteiger partial charge in [0.15, 0.2) is 5.69 Å². The van der Waals surface area contributed by atoms with E-state index in [-0.39, 0.29) is 17.2 Å². The molecule has 0 spiro atoms. The number of thioether (sulfide) groups is 1. The molecule has 0 amide bonds. The van der Waals surface area contributed by atoms with Crippen LogP contribution in [0.15, 0.2) is 12.1 Å². The molecule has 1 aromatic heterocycles. The predicted molar refractivity (Wildman–Crippen MR) is 71.8 cm³/mol.